The van der Waals surface area contributed by atoms with Crippen LogP contribution in [0.5, 0.6) is 0 Å². The molecule has 1 fully saturated rings. The number of rotatable bonds is 3. The maximum Gasteiger partial charge on any atom is 0.410 e. The highest BCUT2D eigenvalue weighted by Gasteiger charge is 2.29. The number of piperidine rings is 1. The summed E-state index contributed by atoms with van der Waals surface area (Å²) in [7, 11) is 1.94. The topological polar surface area (TPSA) is 59.4 Å². The van der Waals surface area contributed by atoms with Gasteiger partial charge in [-0.3, -0.25) is 0 Å². The fraction of sp³-hybridized carbons (Fsp3) is 0.417. The Bertz CT molecular complexity index is 1140. The number of anilines is 2. The molecule has 1 aromatic carbocycles. The lowest BCUT2D eigenvalue weighted by Crippen LogP contribution is -2.41. The molecule has 1 aliphatic rings. The van der Waals surface area contributed by atoms with Gasteiger partial charge in [-0.1, -0.05) is 0 Å². The van der Waals surface area contributed by atoms with Gasteiger partial charge in [0.2, 0.25) is 0 Å². The van der Waals surface area contributed by atoms with Crippen LogP contribution in [-0.4, -0.2) is 39.2 Å². The average molecular weight is 443 g/mol. The first kappa shape index (κ1) is 22.0. The van der Waals surface area contributed by atoms with E-state index in [9.17, 15) is 13.6 Å². The zero-order valence-corrected chi connectivity index (χ0v) is 18.8. The number of nitrogens with one attached hydrogen (secondary N) is 1. The summed E-state index contributed by atoms with van der Waals surface area (Å²) >= 11 is 0. The van der Waals surface area contributed by atoms with E-state index >= 15 is 0 Å². The SMILES string of the molecule is Cn1cc(C2CCN(C(=O)OC(C)(C)C)CC2)c2ccc(Nc3ccc(F)c(F)c3)nc21. The monoisotopic (exact) mass is 442 g/mol. The molecule has 0 radical (unpaired) electrons. The minimum Gasteiger partial charge on any atom is -0.444 e. The van der Waals surface area contributed by atoms with Crippen LogP contribution in [0.2, 0.25) is 0 Å². The number of aromatic nitrogens is 2. The van der Waals surface area contributed by atoms with E-state index in [2.05, 4.69) is 16.5 Å². The number of aryl methyl sites for hydroxylation is 1. The van der Waals surface area contributed by atoms with Crippen LogP contribution < -0.4 is 5.32 Å². The molecule has 1 N–H and O–H groups in total. The number of carbonyl (C=O) groups excluding carboxylic acids is 1. The molecule has 32 heavy (non-hydrogen) atoms. The van der Waals surface area contributed by atoms with Crippen molar-refractivity contribution < 1.29 is 18.3 Å². The zero-order chi connectivity index (χ0) is 23.0. The molecule has 4 rings (SSSR count). The third kappa shape index (κ3) is 4.69. The van der Waals surface area contributed by atoms with Crippen molar-refractivity contribution in [3.05, 3.63) is 53.7 Å². The largest absolute Gasteiger partial charge is 0.444 e. The predicted octanol–water partition coefficient (Wildman–Crippen LogP) is 5.71. The number of pyridine rings is 1. The molecule has 0 saturated carbocycles. The molecule has 170 valence electrons. The Morgan fingerprint density at radius 3 is 2.50 bits per heavy atom. The summed E-state index contributed by atoms with van der Waals surface area (Å²) in [6.45, 7) is 6.92. The lowest BCUT2D eigenvalue weighted by atomic mass is 9.89. The number of hydrogen-bond donors (Lipinski definition) is 1. The van der Waals surface area contributed by atoms with Gasteiger partial charge in [0.05, 0.1) is 0 Å². The van der Waals surface area contributed by atoms with Crippen molar-refractivity contribution >= 4 is 28.6 Å². The molecule has 0 atom stereocenters. The van der Waals surface area contributed by atoms with Crippen LogP contribution in [0.15, 0.2) is 36.5 Å². The van der Waals surface area contributed by atoms with E-state index in [-0.39, 0.29) is 6.09 Å². The van der Waals surface area contributed by atoms with Crippen LogP contribution in [-0.2, 0) is 11.8 Å². The lowest BCUT2D eigenvalue weighted by Gasteiger charge is -2.33. The van der Waals surface area contributed by atoms with Gasteiger partial charge < -0.3 is 19.5 Å². The van der Waals surface area contributed by atoms with Crippen LogP contribution in [0.25, 0.3) is 11.0 Å². The van der Waals surface area contributed by atoms with Crippen molar-refractivity contribution in [1.82, 2.24) is 14.5 Å². The molecule has 6 nitrogen and oxygen atoms in total. The molecule has 0 spiro atoms. The second-order valence-corrected chi connectivity index (χ2v) is 9.26. The van der Waals surface area contributed by atoms with Crippen molar-refractivity contribution in [2.75, 3.05) is 18.4 Å². The molecule has 2 aromatic heterocycles. The first-order valence-electron chi connectivity index (χ1n) is 10.8. The molecule has 3 heterocycles. The van der Waals surface area contributed by atoms with Crippen molar-refractivity contribution in [2.24, 2.45) is 7.05 Å². The van der Waals surface area contributed by atoms with Gasteiger partial charge in [0.1, 0.15) is 17.1 Å². The zero-order valence-electron chi connectivity index (χ0n) is 18.8. The molecule has 8 heteroatoms. The quantitative estimate of drug-likeness (QED) is 0.565. The van der Waals surface area contributed by atoms with Gasteiger partial charge in [-0.25, -0.2) is 18.6 Å². The summed E-state index contributed by atoms with van der Waals surface area (Å²) in [5.41, 5.74) is 1.95. The van der Waals surface area contributed by atoms with Gasteiger partial charge in [0.25, 0.3) is 0 Å². The smallest absolute Gasteiger partial charge is 0.410 e. The van der Waals surface area contributed by atoms with Crippen LogP contribution >= 0.6 is 0 Å². The third-order valence-corrected chi connectivity index (χ3v) is 5.63. The second kappa shape index (κ2) is 8.41. The van der Waals surface area contributed by atoms with Gasteiger partial charge in [0, 0.05) is 43.5 Å². The van der Waals surface area contributed by atoms with E-state index in [0.717, 1.165) is 36.0 Å². The van der Waals surface area contributed by atoms with Gasteiger partial charge in [-0.2, -0.15) is 0 Å². The number of fused-ring (bicyclic) bond motifs is 1. The van der Waals surface area contributed by atoms with Crippen LogP contribution in [0, 0.1) is 11.6 Å². The minimum absolute atomic E-state index is 0.261. The first-order valence-corrected chi connectivity index (χ1v) is 10.8. The molecular weight excluding hydrogens is 414 g/mol. The number of likely N-dealkylation sites (tertiary alicyclic amines) is 1. The van der Waals surface area contributed by atoms with Crippen LogP contribution in [0.4, 0.5) is 25.1 Å². The molecule has 1 saturated heterocycles. The maximum absolute atomic E-state index is 13.5. The number of ether oxygens (including phenoxy) is 1. The van der Waals surface area contributed by atoms with Crippen LogP contribution in [0.1, 0.15) is 45.1 Å². The summed E-state index contributed by atoms with van der Waals surface area (Å²) in [5.74, 6) is -0.918. The fourth-order valence-electron chi connectivity index (χ4n) is 4.10. The highest BCUT2D eigenvalue weighted by atomic mass is 19.2. The van der Waals surface area contributed by atoms with Gasteiger partial charge in [-0.15, -0.1) is 0 Å². The Kier molecular flexibility index (Phi) is 5.79. The van der Waals surface area contributed by atoms with E-state index in [1.807, 2.05) is 44.5 Å². The number of hydrogen-bond acceptors (Lipinski definition) is 4. The van der Waals surface area contributed by atoms with E-state index in [1.165, 1.54) is 11.6 Å². The Balaban J connectivity index is 1.49. The highest BCUT2D eigenvalue weighted by Crippen LogP contribution is 2.35. The Hall–Kier alpha value is -3.16. The normalized spacial score (nSPS) is 15.2. The fourth-order valence-corrected chi connectivity index (χ4v) is 4.10. The van der Waals surface area contributed by atoms with Crippen LogP contribution in [0.3, 0.4) is 0 Å². The summed E-state index contributed by atoms with van der Waals surface area (Å²) in [6, 6.07) is 7.50. The van der Waals surface area contributed by atoms with Crippen molar-refractivity contribution in [1.29, 1.82) is 0 Å². The minimum atomic E-state index is -0.907. The third-order valence-electron chi connectivity index (χ3n) is 5.63. The molecule has 0 bridgehead atoms. The molecule has 3 aromatic rings. The summed E-state index contributed by atoms with van der Waals surface area (Å²) in [4.78, 5) is 18.8. The molecule has 0 aliphatic carbocycles. The predicted molar refractivity (Wildman–Crippen MR) is 120 cm³/mol. The van der Waals surface area contributed by atoms with Crippen molar-refractivity contribution in [2.45, 2.75) is 45.1 Å². The first-order chi connectivity index (χ1) is 15.1. The summed E-state index contributed by atoms with van der Waals surface area (Å²) in [5, 5.41) is 4.08. The highest BCUT2D eigenvalue weighted by molar-refractivity contribution is 5.83. The van der Waals surface area contributed by atoms with E-state index < -0.39 is 17.2 Å². The van der Waals surface area contributed by atoms with Gasteiger partial charge in [0.15, 0.2) is 11.6 Å². The Labute approximate surface area is 186 Å². The average Bonchev–Trinajstić information content (AvgIpc) is 3.06. The second-order valence-electron chi connectivity index (χ2n) is 9.26. The molecule has 0 unspecified atom stereocenters. The number of carbonyl (C=O) groups is 1. The maximum atomic E-state index is 13.5. The number of benzene rings is 1. The van der Waals surface area contributed by atoms with Crippen molar-refractivity contribution in [3.8, 4) is 0 Å². The van der Waals surface area contributed by atoms with E-state index in [1.54, 1.807) is 4.90 Å². The Morgan fingerprint density at radius 1 is 1.12 bits per heavy atom. The lowest BCUT2D eigenvalue weighted by molar-refractivity contribution is 0.0205. The summed E-state index contributed by atoms with van der Waals surface area (Å²) in [6.07, 6.45) is 3.54. The number of amides is 1. The van der Waals surface area contributed by atoms with Gasteiger partial charge >= 0.3 is 6.09 Å². The molecule has 1 aliphatic heterocycles. The summed E-state index contributed by atoms with van der Waals surface area (Å²) < 4.78 is 34.1. The Morgan fingerprint density at radius 2 is 1.84 bits per heavy atom. The number of nitrogens with zero attached hydrogens (tertiary/aromatic N) is 3. The van der Waals surface area contributed by atoms with Gasteiger partial charge in [-0.05, 0) is 69.4 Å². The van der Waals surface area contributed by atoms with E-state index in [0.29, 0.717) is 30.5 Å². The number of halogens is 2. The van der Waals surface area contributed by atoms with E-state index in [4.69, 9.17) is 4.74 Å². The molecular formula is C24H28F2N4O2. The standard InChI is InChI=1S/C24H28F2N4O2/c1-24(2,3)32-23(31)30-11-9-15(10-12-30)18-14-29(4)22-17(18)6-8-21(28-22)27-16-5-7-19(25)20(26)13-16/h5-8,13-15H,9-12H2,1-4H3,(H,27,28). The van der Waals surface area contributed by atoms with Crippen molar-refractivity contribution in [3.63, 3.8) is 0 Å². The molecule has 1 amide bonds.